The Hall–Kier alpha value is -2.60. The van der Waals surface area contributed by atoms with Crippen molar-refractivity contribution in [3.63, 3.8) is 0 Å². The number of ether oxygens (including phenoxy) is 1. The molecular formula is C18H14FIN2O3. The maximum atomic E-state index is 12.9. The number of nitrogens with zero attached hydrogens (tertiary/aromatic N) is 1. The molecule has 2 aromatic carbocycles. The molecule has 25 heavy (non-hydrogen) atoms. The molecule has 0 aromatic heterocycles. The van der Waals surface area contributed by atoms with Gasteiger partial charge < -0.3 is 15.2 Å². The van der Waals surface area contributed by atoms with Gasteiger partial charge in [-0.3, -0.25) is 4.79 Å². The zero-order valence-corrected chi connectivity index (χ0v) is 15.4. The second-order valence-corrected chi connectivity index (χ2v) is 6.08. The van der Waals surface area contributed by atoms with E-state index in [0.717, 1.165) is 0 Å². The van der Waals surface area contributed by atoms with Gasteiger partial charge in [0, 0.05) is 5.69 Å². The standard InChI is InChI=1S/C18H14FIN2O3/c1-2-25-16-9-11(8-15(20)17(16)23)7-12(10-21)18(24)22-14-5-3-13(19)4-6-14/h3-9,23H,2H2,1H3,(H,22,24)/b12-7-. The van der Waals surface area contributed by atoms with Gasteiger partial charge in [0.2, 0.25) is 0 Å². The molecule has 2 rings (SSSR count). The van der Waals surface area contributed by atoms with Crippen molar-refractivity contribution < 1.29 is 19.0 Å². The van der Waals surface area contributed by atoms with E-state index in [2.05, 4.69) is 5.32 Å². The van der Waals surface area contributed by atoms with E-state index in [-0.39, 0.29) is 17.1 Å². The summed E-state index contributed by atoms with van der Waals surface area (Å²) < 4.78 is 18.8. The molecule has 1 amide bonds. The van der Waals surface area contributed by atoms with Crippen LogP contribution in [0.5, 0.6) is 11.5 Å². The average Bonchev–Trinajstić information content (AvgIpc) is 2.59. The van der Waals surface area contributed by atoms with Gasteiger partial charge in [-0.1, -0.05) is 0 Å². The average molecular weight is 452 g/mol. The number of carbonyl (C=O) groups is 1. The summed E-state index contributed by atoms with van der Waals surface area (Å²) in [6.07, 6.45) is 1.39. The molecule has 0 bridgehead atoms. The lowest BCUT2D eigenvalue weighted by Gasteiger charge is -2.09. The Bertz CT molecular complexity index is 858. The second-order valence-electron chi connectivity index (χ2n) is 4.91. The van der Waals surface area contributed by atoms with Gasteiger partial charge in [0.25, 0.3) is 5.91 Å². The summed E-state index contributed by atoms with van der Waals surface area (Å²) in [5.74, 6) is -0.753. The Labute approximate surface area is 157 Å². The first-order valence-corrected chi connectivity index (χ1v) is 8.36. The van der Waals surface area contributed by atoms with Crippen LogP contribution in [0.25, 0.3) is 6.08 Å². The number of nitriles is 1. The number of nitrogens with one attached hydrogen (secondary N) is 1. The molecule has 2 aromatic rings. The summed E-state index contributed by atoms with van der Waals surface area (Å²) in [4.78, 5) is 12.2. The van der Waals surface area contributed by atoms with Gasteiger partial charge in [0.05, 0.1) is 10.2 Å². The highest BCUT2D eigenvalue weighted by atomic mass is 127. The lowest BCUT2D eigenvalue weighted by atomic mass is 10.1. The highest BCUT2D eigenvalue weighted by molar-refractivity contribution is 14.1. The van der Waals surface area contributed by atoms with Crippen molar-refractivity contribution >= 4 is 40.3 Å². The molecule has 0 fully saturated rings. The first-order chi connectivity index (χ1) is 11.9. The normalized spacial score (nSPS) is 10.9. The van der Waals surface area contributed by atoms with Gasteiger partial charge in [0.1, 0.15) is 17.5 Å². The van der Waals surface area contributed by atoms with Crippen LogP contribution in [0, 0.1) is 20.7 Å². The Balaban J connectivity index is 2.29. The topological polar surface area (TPSA) is 82.3 Å². The SMILES string of the molecule is CCOc1cc(/C=C(/C#N)C(=O)Nc2ccc(F)cc2)cc(I)c1O. The molecule has 2 N–H and O–H groups in total. The molecule has 0 aliphatic rings. The predicted molar refractivity (Wildman–Crippen MR) is 101 cm³/mol. The zero-order chi connectivity index (χ0) is 18.4. The second kappa shape index (κ2) is 8.48. The van der Waals surface area contributed by atoms with E-state index in [1.54, 1.807) is 19.1 Å². The third-order valence-corrected chi connectivity index (χ3v) is 3.95. The first kappa shape index (κ1) is 18.7. The van der Waals surface area contributed by atoms with Crippen LogP contribution in [-0.4, -0.2) is 17.6 Å². The van der Waals surface area contributed by atoms with E-state index >= 15 is 0 Å². The number of rotatable bonds is 5. The molecule has 128 valence electrons. The number of phenolic OH excluding ortho intramolecular Hbond substituents is 1. The van der Waals surface area contributed by atoms with Gasteiger partial charge in [-0.2, -0.15) is 5.26 Å². The number of hydrogen-bond donors (Lipinski definition) is 2. The Morgan fingerprint density at radius 2 is 2.08 bits per heavy atom. The van der Waals surface area contributed by atoms with Gasteiger partial charge >= 0.3 is 0 Å². The van der Waals surface area contributed by atoms with Gasteiger partial charge in [0.15, 0.2) is 11.5 Å². The Morgan fingerprint density at radius 3 is 2.68 bits per heavy atom. The van der Waals surface area contributed by atoms with E-state index in [9.17, 15) is 19.6 Å². The largest absolute Gasteiger partial charge is 0.504 e. The number of amides is 1. The minimum absolute atomic E-state index is 0.00821. The number of halogens is 2. The minimum Gasteiger partial charge on any atom is -0.504 e. The molecule has 0 spiro atoms. The van der Waals surface area contributed by atoms with E-state index in [1.807, 2.05) is 28.7 Å². The van der Waals surface area contributed by atoms with Crippen molar-refractivity contribution in [1.29, 1.82) is 5.26 Å². The quantitative estimate of drug-likeness (QED) is 0.407. The van der Waals surface area contributed by atoms with Gasteiger partial charge in [-0.15, -0.1) is 0 Å². The van der Waals surface area contributed by atoms with Crippen molar-refractivity contribution in [2.75, 3.05) is 11.9 Å². The molecule has 5 nitrogen and oxygen atoms in total. The van der Waals surface area contributed by atoms with E-state index < -0.39 is 11.7 Å². The van der Waals surface area contributed by atoms with Crippen molar-refractivity contribution in [2.45, 2.75) is 6.92 Å². The molecule has 0 atom stereocenters. The lowest BCUT2D eigenvalue weighted by molar-refractivity contribution is -0.112. The van der Waals surface area contributed by atoms with Gasteiger partial charge in [-0.25, -0.2) is 4.39 Å². The Kier molecular flexibility index (Phi) is 6.36. The van der Waals surface area contributed by atoms with Crippen molar-refractivity contribution in [3.8, 4) is 17.6 Å². The highest BCUT2D eigenvalue weighted by Gasteiger charge is 2.12. The maximum absolute atomic E-state index is 12.9. The molecule has 0 saturated heterocycles. The number of phenols is 1. The van der Waals surface area contributed by atoms with Crippen LogP contribution in [0.4, 0.5) is 10.1 Å². The van der Waals surface area contributed by atoms with Crippen LogP contribution in [0.2, 0.25) is 0 Å². The lowest BCUT2D eigenvalue weighted by Crippen LogP contribution is -2.13. The highest BCUT2D eigenvalue weighted by Crippen LogP contribution is 2.33. The molecule has 7 heteroatoms. The number of hydrogen-bond acceptors (Lipinski definition) is 4. The predicted octanol–water partition coefficient (Wildman–Crippen LogP) is 4.08. The third-order valence-electron chi connectivity index (χ3n) is 3.13. The van der Waals surface area contributed by atoms with Crippen LogP contribution in [0.1, 0.15) is 12.5 Å². The van der Waals surface area contributed by atoms with Crippen molar-refractivity contribution in [2.24, 2.45) is 0 Å². The van der Waals surface area contributed by atoms with Crippen LogP contribution in [-0.2, 0) is 4.79 Å². The third kappa shape index (κ3) is 4.93. The smallest absolute Gasteiger partial charge is 0.266 e. The fourth-order valence-electron chi connectivity index (χ4n) is 1.99. The number of benzene rings is 2. The summed E-state index contributed by atoms with van der Waals surface area (Å²) >= 11 is 1.93. The monoisotopic (exact) mass is 452 g/mol. The van der Waals surface area contributed by atoms with E-state index in [1.165, 1.54) is 30.3 Å². The van der Waals surface area contributed by atoms with E-state index in [0.29, 0.717) is 21.4 Å². The molecule has 0 heterocycles. The van der Waals surface area contributed by atoms with Crippen LogP contribution < -0.4 is 10.1 Å². The summed E-state index contributed by atoms with van der Waals surface area (Å²) in [7, 11) is 0. The van der Waals surface area contributed by atoms with Crippen molar-refractivity contribution in [1.82, 2.24) is 0 Å². The van der Waals surface area contributed by atoms with Crippen molar-refractivity contribution in [3.05, 3.63) is 56.9 Å². The molecule has 0 saturated carbocycles. The molecular weight excluding hydrogens is 438 g/mol. The van der Waals surface area contributed by atoms with E-state index in [4.69, 9.17) is 4.74 Å². The molecule has 0 aliphatic heterocycles. The Morgan fingerprint density at radius 1 is 1.40 bits per heavy atom. The molecule has 0 aliphatic carbocycles. The first-order valence-electron chi connectivity index (χ1n) is 7.28. The number of anilines is 1. The van der Waals surface area contributed by atoms with Crippen LogP contribution in [0.3, 0.4) is 0 Å². The minimum atomic E-state index is -0.616. The fourth-order valence-corrected chi connectivity index (χ4v) is 2.61. The maximum Gasteiger partial charge on any atom is 0.266 e. The summed E-state index contributed by atoms with van der Waals surface area (Å²) in [5, 5.41) is 21.7. The number of carbonyl (C=O) groups excluding carboxylic acids is 1. The van der Waals surface area contributed by atoms with Crippen LogP contribution >= 0.6 is 22.6 Å². The summed E-state index contributed by atoms with van der Waals surface area (Å²) in [6.45, 7) is 2.15. The number of aromatic hydroxyl groups is 1. The van der Waals surface area contributed by atoms with Gasteiger partial charge in [-0.05, 0) is 77.6 Å². The zero-order valence-electron chi connectivity index (χ0n) is 13.2. The summed E-state index contributed by atoms with van der Waals surface area (Å²) in [5.41, 5.74) is 0.785. The molecule has 0 unspecified atom stereocenters. The fraction of sp³-hybridized carbons (Fsp3) is 0.111. The van der Waals surface area contributed by atoms with Crippen LogP contribution in [0.15, 0.2) is 42.0 Å². The molecule has 0 radical (unpaired) electrons. The summed E-state index contributed by atoms with van der Waals surface area (Å²) in [6, 6.07) is 10.2.